The summed E-state index contributed by atoms with van der Waals surface area (Å²) in [5.74, 6) is -3.65. The minimum absolute atomic E-state index is 0.318. The molecule has 2 nitrogen and oxygen atoms in total. The van der Waals surface area contributed by atoms with E-state index in [0.717, 1.165) is 6.08 Å². The summed E-state index contributed by atoms with van der Waals surface area (Å²) in [6, 6.07) is 8.46. The highest BCUT2D eigenvalue weighted by atomic mass is 35.5. The van der Waals surface area contributed by atoms with Crippen LogP contribution in [0.25, 0.3) is 0 Å². The molecule has 1 aromatic rings. The average Bonchev–Trinajstić information content (AvgIpc) is 2.33. The molecule has 4 heteroatoms. The molecule has 0 radical (unpaired) electrons. The van der Waals surface area contributed by atoms with Gasteiger partial charge in [0.2, 0.25) is 0 Å². The lowest BCUT2D eigenvalue weighted by atomic mass is 9.86. The van der Waals surface area contributed by atoms with Gasteiger partial charge in [-0.1, -0.05) is 48.0 Å². The number of Topliss-reactive ketones (excluding diaryl/α,β-unsaturated/α-hetero) is 1. The molecule has 0 aliphatic heterocycles. The van der Waals surface area contributed by atoms with Crippen molar-refractivity contribution in [2.75, 3.05) is 0 Å². The second-order valence-corrected chi connectivity index (χ2v) is 4.36. The molecule has 0 fully saturated rings. The molecule has 0 amide bonds. The molecule has 1 aliphatic rings. The van der Waals surface area contributed by atoms with Crippen LogP contribution < -0.4 is 5.73 Å². The molecule has 17 heavy (non-hydrogen) atoms. The molecular formula is C13H11ClFNO. The average molecular weight is 252 g/mol. The maximum absolute atomic E-state index is 14.0. The van der Waals surface area contributed by atoms with Gasteiger partial charge in [0.25, 0.3) is 0 Å². The summed E-state index contributed by atoms with van der Waals surface area (Å²) in [7, 11) is 0. The van der Waals surface area contributed by atoms with Crippen molar-refractivity contribution in [2.24, 2.45) is 11.7 Å². The monoisotopic (exact) mass is 251 g/mol. The molecule has 88 valence electrons. The molecular weight excluding hydrogens is 241 g/mol. The number of allylic oxidation sites excluding steroid dienone is 2. The molecule has 0 bridgehead atoms. The summed E-state index contributed by atoms with van der Waals surface area (Å²) in [5, 5.41) is 0.318. The van der Waals surface area contributed by atoms with Crippen LogP contribution in [0.4, 0.5) is 4.39 Å². The number of ketones is 1. The van der Waals surface area contributed by atoms with Gasteiger partial charge in [-0.3, -0.25) is 10.5 Å². The first-order chi connectivity index (χ1) is 8.00. The van der Waals surface area contributed by atoms with Crippen molar-refractivity contribution >= 4 is 17.4 Å². The first-order valence-corrected chi connectivity index (χ1v) is 5.52. The van der Waals surface area contributed by atoms with Crippen LogP contribution in [0.1, 0.15) is 10.4 Å². The second-order valence-electron chi connectivity index (χ2n) is 3.92. The Hall–Kier alpha value is -1.45. The largest absolute Gasteiger partial charge is 0.295 e. The first-order valence-electron chi connectivity index (χ1n) is 5.14. The van der Waals surface area contributed by atoms with Crippen LogP contribution in [-0.2, 0) is 0 Å². The van der Waals surface area contributed by atoms with Crippen molar-refractivity contribution in [2.45, 2.75) is 5.79 Å². The van der Waals surface area contributed by atoms with Crippen LogP contribution in [0.15, 0.2) is 53.6 Å². The molecule has 2 atom stereocenters. The molecule has 0 spiro atoms. The Morgan fingerprint density at radius 1 is 1.35 bits per heavy atom. The first kappa shape index (κ1) is 12.0. The highest BCUT2D eigenvalue weighted by Crippen LogP contribution is 2.30. The smallest absolute Gasteiger partial charge is 0.191 e. The standard InChI is InChI=1S/C13H11ClFNO/c14-10-6-7-13(15,16)11(8-10)12(17)9-4-2-1-3-5-9/h1-8,11H,16H2. The van der Waals surface area contributed by atoms with Crippen molar-refractivity contribution in [3.63, 3.8) is 0 Å². The van der Waals surface area contributed by atoms with Gasteiger partial charge in [-0.25, -0.2) is 4.39 Å². The summed E-state index contributed by atoms with van der Waals surface area (Å²) < 4.78 is 14.0. The minimum atomic E-state index is -2.19. The van der Waals surface area contributed by atoms with E-state index in [4.69, 9.17) is 17.3 Å². The molecule has 0 saturated carbocycles. The minimum Gasteiger partial charge on any atom is -0.295 e. The van der Waals surface area contributed by atoms with E-state index in [0.29, 0.717) is 10.6 Å². The number of carbonyl (C=O) groups excluding carboxylic acids is 1. The zero-order valence-corrected chi connectivity index (χ0v) is 9.69. The van der Waals surface area contributed by atoms with Crippen LogP contribution in [0.3, 0.4) is 0 Å². The van der Waals surface area contributed by atoms with Crippen LogP contribution in [0.5, 0.6) is 0 Å². The molecule has 1 aromatic carbocycles. The van der Waals surface area contributed by atoms with Crippen LogP contribution >= 0.6 is 11.6 Å². The summed E-state index contributed by atoms with van der Waals surface area (Å²) >= 11 is 5.77. The van der Waals surface area contributed by atoms with Gasteiger partial charge in [0.15, 0.2) is 11.6 Å². The van der Waals surface area contributed by atoms with E-state index >= 15 is 0 Å². The van der Waals surface area contributed by atoms with E-state index in [1.54, 1.807) is 30.3 Å². The molecule has 1 aliphatic carbocycles. The van der Waals surface area contributed by atoms with E-state index < -0.39 is 11.7 Å². The summed E-state index contributed by atoms with van der Waals surface area (Å²) in [6.07, 6.45) is 3.81. The molecule has 2 rings (SSSR count). The molecule has 2 N–H and O–H groups in total. The van der Waals surface area contributed by atoms with Crippen LogP contribution in [-0.4, -0.2) is 11.6 Å². The highest BCUT2D eigenvalue weighted by molar-refractivity contribution is 6.31. The van der Waals surface area contributed by atoms with E-state index in [-0.39, 0.29) is 5.78 Å². The Balaban J connectivity index is 2.34. The summed E-state index contributed by atoms with van der Waals surface area (Å²) in [5.41, 5.74) is 5.86. The number of rotatable bonds is 2. The predicted octanol–water partition coefficient (Wildman–Crippen LogP) is 2.80. The zero-order valence-electron chi connectivity index (χ0n) is 8.94. The lowest BCUT2D eigenvalue weighted by Gasteiger charge is -2.26. The summed E-state index contributed by atoms with van der Waals surface area (Å²) in [4.78, 5) is 12.1. The Morgan fingerprint density at radius 3 is 2.65 bits per heavy atom. The van der Waals surface area contributed by atoms with Gasteiger partial charge in [-0.15, -0.1) is 0 Å². The molecule has 0 aromatic heterocycles. The highest BCUT2D eigenvalue weighted by Gasteiger charge is 2.38. The van der Waals surface area contributed by atoms with Gasteiger partial charge >= 0.3 is 0 Å². The van der Waals surface area contributed by atoms with E-state index in [1.807, 2.05) is 0 Å². The van der Waals surface area contributed by atoms with Crippen molar-refractivity contribution in [1.82, 2.24) is 0 Å². The van der Waals surface area contributed by atoms with Crippen molar-refractivity contribution in [3.05, 3.63) is 59.2 Å². The maximum atomic E-state index is 14.0. The molecule has 0 saturated heterocycles. The third kappa shape index (κ3) is 2.46. The Labute approximate surface area is 104 Å². The van der Waals surface area contributed by atoms with Crippen LogP contribution in [0, 0.1) is 5.92 Å². The van der Waals surface area contributed by atoms with Crippen molar-refractivity contribution in [3.8, 4) is 0 Å². The van der Waals surface area contributed by atoms with Gasteiger partial charge < -0.3 is 0 Å². The van der Waals surface area contributed by atoms with E-state index in [2.05, 4.69) is 0 Å². The number of hydrogen-bond acceptors (Lipinski definition) is 2. The van der Waals surface area contributed by atoms with Crippen LogP contribution in [0.2, 0.25) is 0 Å². The number of carbonyl (C=O) groups is 1. The Morgan fingerprint density at radius 2 is 2.00 bits per heavy atom. The maximum Gasteiger partial charge on any atom is 0.191 e. The number of benzene rings is 1. The fraction of sp³-hybridized carbons (Fsp3) is 0.154. The Bertz CT molecular complexity index is 493. The van der Waals surface area contributed by atoms with E-state index in [9.17, 15) is 9.18 Å². The predicted molar refractivity (Wildman–Crippen MR) is 65.4 cm³/mol. The second kappa shape index (κ2) is 4.43. The zero-order chi connectivity index (χ0) is 12.5. The number of halogens is 2. The topological polar surface area (TPSA) is 43.1 Å². The van der Waals surface area contributed by atoms with E-state index in [1.165, 1.54) is 12.2 Å². The summed E-state index contributed by atoms with van der Waals surface area (Å²) in [6.45, 7) is 0. The number of nitrogens with two attached hydrogens (primary N) is 1. The SMILES string of the molecule is NC1(F)C=CC(Cl)=CC1C(=O)c1ccccc1. The third-order valence-electron chi connectivity index (χ3n) is 2.64. The quantitative estimate of drug-likeness (QED) is 0.649. The van der Waals surface area contributed by atoms with Gasteiger partial charge in [-0.05, 0) is 12.2 Å². The van der Waals surface area contributed by atoms with Gasteiger partial charge in [0.1, 0.15) is 0 Å². The lowest BCUT2D eigenvalue weighted by Crippen LogP contribution is -2.45. The Kier molecular flexibility index (Phi) is 3.13. The van der Waals surface area contributed by atoms with Gasteiger partial charge in [-0.2, -0.15) is 0 Å². The lowest BCUT2D eigenvalue weighted by molar-refractivity contribution is 0.0807. The normalized spacial score (nSPS) is 27.7. The third-order valence-corrected chi connectivity index (χ3v) is 2.89. The van der Waals surface area contributed by atoms with Gasteiger partial charge in [0.05, 0.1) is 5.92 Å². The van der Waals surface area contributed by atoms with Crippen molar-refractivity contribution < 1.29 is 9.18 Å². The number of alkyl halides is 1. The fourth-order valence-electron chi connectivity index (χ4n) is 1.71. The molecule has 0 heterocycles. The molecule has 2 unspecified atom stereocenters. The van der Waals surface area contributed by atoms with Crippen molar-refractivity contribution in [1.29, 1.82) is 0 Å². The number of hydrogen-bond donors (Lipinski definition) is 1. The fourth-order valence-corrected chi connectivity index (χ4v) is 1.90. The van der Waals surface area contributed by atoms with Gasteiger partial charge in [0, 0.05) is 10.6 Å².